The monoisotopic (exact) mass is 404 g/mol. The van der Waals surface area contributed by atoms with Gasteiger partial charge in [-0.15, -0.1) is 10.2 Å². The number of anilines is 3. The zero-order valence-corrected chi connectivity index (χ0v) is 16.9. The van der Waals surface area contributed by atoms with Crippen LogP contribution < -0.4 is 11.1 Å². The number of nitrogen functional groups attached to an aromatic ring is 1. The van der Waals surface area contributed by atoms with Crippen LogP contribution in [0.2, 0.25) is 0 Å². The summed E-state index contributed by atoms with van der Waals surface area (Å²) < 4.78 is 1.96. The van der Waals surface area contributed by atoms with E-state index < -0.39 is 0 Å². The maximum atomic E-state index is 5.90. The van der Waals surface area contributed by atoms with Crippen molar-refractivity contribution in [1.82, 2.24) is 29.7 Å². The first-order valence-electron chi connectivity index (χ1n) is 9.02. The predicted octanol–water partition coefficient (Wildman–Crippen LogP) is 3.69. The zero-order chi connectivity index (χ0) is 20.2. The lowest BCUT2D eigenvalue weighted by Crippen LogP contribution is -2.07. The molecule has 0 fully saturated rings. The Labute approximate surface area is 172 Å². The van der Waals surface area contributed by atoms with Crippen LogP contribution in [0.1, 0.15) is 17.0 Å². The summed E-state index contributed by atoms with van der Waals surface area (Å²) in [7, 11) is 0. The van der Waals surface area contributed by atoms with Crippen molar-refractivity contribution < 1.29 is 0 Å². The van der Waals surface area contributed by atoms with Crippen LogP contribution >= 0.6 is 11.8 Å². The third-order valence-corrected chi connectivity index (χ3v) is 5.25. The van der Waals surface area contributed by atoms with Gasteiger partial charge in [-0.3, -0.25) is 4.57 Å². The number of aromatic nitrogens is 6. The standard InChI is InChI=1S/C20H20N8S/c1-13-7-3-5-9-15(13)23-19-25-17(24-18(21)26-19)11-29-20-27-22-12-28(20)16-10-6-4-8-14(16)2/h3-10,12H,11H2,1-2H3,(H3,21,23,24,25,26). The van der Waals surface area contributed by atoms with Crippen molar-refractivity contribution in [2.45, 2.75) is 24.8 Å². The largest absolute Gasteiger partial charge is 0.368 e. The molecule has 0 spiro atoms. The van der Waals surface area contributed by atoms with Crippen LogP contribution in [0.15, 0.2) is 60.0 Å². The van der Waals surface area contributed by atoms with E-state index in [9.17, 15) is 0 Å². The van der Waals surface area contributed by atoms with Crippen molar-refractivity contribution in [2.24, 2.45) is 0 Å². The molecule has 0 aliphatic heterocycles. The van der Waals surface area contributed by atoms with E-state index in [0.29, 0.717) is 17.5 Å². The lowest BCUT2D eigenvalue weighted by atomic mass is 10.2. The molecule has 8 nitrogen and oxygen atoms in total. The number of rotatable bonds is 6. The first-order valence-corrected chi connectivity index (χ1v) is 10.0. The Morgan fingerprint density at radius 2 is 1.72 bits per heavy atom. The second-order valence-electron chi connectivity index (χ2n) is 6.43. The normalized spacial score (nSPS) is 10.8. The Morgan fingerprint density at radius 3 is 2.52 bits per heavy atom. The van der Waals surface area contributed by atoms with Crippen molar-refractivity contribution >= 4 is 29.3 Å². The highest BCUT2D eigenvalue weighted by atomic mass is 32.2. The Kier molecular flexibility index (Phi) is 5.39. The van der Waals surface area contributed by atoms with E-state index in [0.717, 1.165) is 27.7 Å². The molecule has 0 saturated carbocycles. The second kappa shape index (κ2) is 8.27. The fraction of sp³-hybridized carbons (Fsp3) is 0.150. The first kappa shape index (κ1) is 18.9. The highest BCUT2D eigenvalue weighted by Crippen LogP contribution is 2.25. The molecule has 2 aromatic heterocycles. The summed E-state index contributed by atoms with van der Waals surface area (Å²) in [5.74, 6) is 1.65. The molecule has 2 aromatic carbocycles. The summed E-state index contributed by atoms with van der Waals surface area (Å²) in [4.78, 5) is 12.9. The number of para-hydroxylation sites is 2. The van der Waals surface area contributed by atoms with E-state index in [4.69, 9.17) is 5.73 Å². The van der Waals surface area contributed by atoms with Gasteiger partial charge in [0.2, 0.25) is 11.9 Å². The van der Waals surface area contributed by atoms with E-state index in [-0.39, 0.29) is 5.95 Å². The van der Waals surface area contributed by atoms with Crippen LogP contribution in [0.3, 0.4) is 0 Å². The van der Waals surface area contributed by atoms with Crippen LogP contribution in [0, 0.1) is 13.8 Å². The predicted molar refractivity (Wildman–Crippen MR) is 114 cm³/mol. The maximum absolute atomic E-state index is 5.90. The lowest BCUT2D eigenvalue weighted by molar-refractivity contribution is 0.874. The van der Waals surface area contributed by atoms with Gasteiger partial charge in [-0.2, -0.15) is 15.0 Å². The second-order valence-corrected chi connectivity index (χ2v) is 7.37. The molecule has 2 heterocycles. The van der Waals surface area contributed by atoms with Gasteiger partial charge in [0, 0.05) is 5.69 Å². The average Bonchev–Trinajstić information content (AvgIpc) is 3.16. The lowest BCUT2D eigenvalue weighted by Gasteiger charge is -2.10. The molecule has 4 rings (SSSR count). The van der Waals surface area contributed by atoms with Crippen LogP contribution in [0.25, 0.3) is 5.69 Å². The quantitative estimate of drug-likeness (QED) is 0.469. The van der Waals surface area contributed by atoms with Crippen LogP contribution in [-0.2, 0) is 5.75 Å². The summed E-state index contributed by atoms with van der Waals surface area (Å²) in [6, 6.07) is 16.0. The maximum Gasteiger partial charge on any atom is 0.232 e. The molecule has 9 heteroatoms. The average molecular weight is 405 g/mol. The molecule has 0 saturated heterocycles. The molecule has 0 atom stereocenters. The number of nitrogens with zero attached hydrogens (tertiary/aromatic N) is 6. The van der Waals surface area contributed by atoms with Gasteiger partial charge in [0.25, 0.3) is 0 Å². The molecule has 4 aromatic rings. The molecule has 0 radical (unpaired) electrons. The Morgan fingerprint density at radius 1 is 0.966 bits per heavy atom. The van der Waals surface area contributed by atoms with Gasteiger partial charge in [0.1, 0.15) is 12.2 Å². The van der Waals surface area contributed by atoms with Gasteiger partial charge in [0.05, 0.1) is 11.4 Å². The summed E-state index contributed by atoms with van der Waals surface area (Å²) in [5, 5.41) is 12.2. The molecule has 0 aliphatic rings. The number of hydrogen-bond acceptors (Lipinski definition) is 8. The van der Waals surface area contributed by atoms with Crippen molar-refractivity contribution in [3.05, 3.63) is 71.8 Å². The molecule has 0 aliphatic carbocycles. The van der Waals surface area contributed by atoms with Gasteiger partial charge in [-0.1, -0.05) is 48.2 Å². The van der Waals surface area contributed by atoms with Gasteiger partial charge in [-0.05, 0) is 37.1 Å². The first-order chi connectivity index (χ1) is 14.1. The van der Waals surface area contributed by atoms with Crippen molar-refractivity contribution in [3.8, 4) is 5.69 Å². The molecule has 0 unspecified atom stereocenters. The topological polar surface area (TPSA) is 107 Å². The van der Waals surface area contributed by atoms with Gasteiger partial charge in [-0.25, -0.2) is 0 Å². The Hall–Kier alpha value is -3.46. The van der Waals surface area contributed by atoms with Crippen molar-refractivity contribution in [3.63, 3.8) is 0 Å². The van der Waals surface area contributed by atoms with Crippen molar-refractivity contribution in [2.75, 3.05) is 11.1 Å². The number of benzene rings is 2. The highest BCUT2D eigenvalue weighted by molar-refractivity contribution is 7.98. The van der Waals surface area contributed by atoms with E-state index in [2.05, 4.69) is 43.5 Å². The van der Waals surface area contributed by atoms with E-state index in [1.165, 1.54) is 11.8 Å². The highest BCUT2D eigenvalue weighted by Gasteiger charge is 2.12. The van der Waals surface area contributed by atoms with E-state index in [1.54, 1.807) is 6.33 Å². The zero-order valence-electron chi connectivity index (χ0n) is 16.1. The smallest absolute Gasteiger partial charge is 0.232 e. The number of nitrogens with one attached hydrogen (secondary N) is 1. The Bertz CT molecular complexity index is 1140. The van der Waals surface area contributed by atoms with Crippen LogP contribution in [0.5, 0.6) is 0 Å². The molecular formula is C20H20N8S. The summed E-state index contributed by atoms with van der Waals surface area (Å²) >= 11 is 1.49. The van der Waals surface area contributed by atoms with Crippen LogP contribution in [-0.4, -0.2) is 29.7 Å². The van der Waals surface area contributed by atoms with Gasteiger partial charge < -0.3 is 11.1 Å². The number of nitrogens with two attached hydrogens (primary N) is 1. The molecule has 3 N–H and O–H groups in total. The number of thioether (sulfide) groups is 1. The summed E-state index contributed by atoms with van der Waals surface area (Å²) in [6.45, 7) is 4.07. The minimum atomic E-state index is 0.173. The van der Waals surface area contributed by atoms with E-state index >= 15 is 0 Å². The molecular weight excluding hydrogens is 384 g/mol. The third kappa shape index (κ3) is 4.35. The summed E-state index contributed by atoms with van der Waals surface area (Å²) in [5.41, 5.74) is 10.1. The van der Waals surface area contributed by atoms with E-state index in [1.807, 2.05) is 54.0 Å². The van der Waals surface area contributed by atoms with Crippen LogP contribution in [0.4, 0.5) is 17.6 Å². The molecule has 0 bridgehead atoms. The summed E-state index contributed by atoms with van der Waals surface area (Å²) in [6.07, 6.45) is 1.71. The van der Waals surface area contributed by atoms with Crippen molar-refractivity contribution in [1.29, 1.82) is 0 Å². The molecule has 29 heavy (non-hydrogen) atoms. The fourth-order valence-corrected chi connectivity index (χ4v) is 3.62. The third-order valence-electron chi connectivity index (χ3n) is 4.31. The van der Waals surface area contributed by atoms with Gasteiger partial charge in [0.15, 0.2) is 5.16 Å². The Balaban J connectivity index is 1.53. The minimum absolute atomic E-state index is 0.173. The fourth-order valence-electron chi connectivity index (χ4n) is 2.84. The number of aryl methyl sites for hydroxylation is 2. The minimum Gasteiger partial charge on any atom is -0.368 e. The SMILES string of the molecule is Cc1ccccc1Nc1nc(N)nc(CSc2nncn2-c2ccccc2C)n1. The number of hydrogen-bond donors (Lipinski definition) is 2. The van der Waals surface area contributed by atoms with Gasteiger partial charge >= 0.3 is 0 Å². The molecule has 0 amide bonds. The molecule has 146 valence electrons.